The number of nitrogens with zero attached hydrogens (tertiary/aromatic N) is 2. The van der Waals surface area contributed by atoms with Gasteiger partial charge in [-0.3, -0.25) is 19.2 Å². The molecule has 1 aromatic rings. The second kappa shape index (κ2) is 7.82. The summed E-state index contributed by atoms with van der Waals surface area (Å²) in [5, 5.41) is 11.4. The van der Waals surface area contributed by atoms with E-state index in [2.05, 4.69) is 5.32 Å². The smallest absolute Gasteiger partial charge is 0.306 e. The minimum Gasteiger partial charge on any atom is -0.481 e. The molecule has 1 unspecified atom stereocenters. The Morgan fingerprint density at radius 3 is 2.41 bits per heavy atom. The Hall–Kier alpha value is -2.95. The zero-order valence-corrected chi connectivity index (χ0v) is 16.5. The Labute approximate surface area is 167 Å². The van der Waals surface area contributed by atoms with Gasteiger partial charge in [-0.25, -0.2) is 12.7 Å². The van der Waals surface area contributed by atoms with Crippen LogP contribution in [0.1, 0.15) is 30.1 Å². The average molecular weight is 423 g/mol. The molecule has 0 aromatic heterocycles. The summed E-state index contributed by atoms with van der Waals surface area (Å²) in [5.41, 5.74) is 0.00530. The lowest BCUT2D eigenvalue weighted by Crippen LogP contribution is -2.51. The predicted octanol–water partition coefficient (Wildman–Crippen LogP) is -0.341. The van der Waals surface area contributed by atoms with Crippen molar-refractivity contribution in [1.82, 2.24) is 14.5 Å². The van der Waals surface area contributed by atoms with Gasteiger partial charge in [-0.05, 0) is 31.9 Å². The molecule has 1 fully saturated rings. The SMILES string of the molecule is CC(NC(=O)CN1C(=O)c2ccccc2S1(=O)=O)C(=O)N1CCC(C(=O)O)CC1. The highest BCUT2D eigenvalue weighted by Crippen LogP contribution is 2.29. The molecule has 11 heteroatoms. The molecule has 156 valence electrons. The van der Waals surface area contributed by atoms with Crippen molar-refractivity contribution in [3.63, 3.8) is 0 Å². The number of sulfonamides is 1. The summed E-state index contributed by atoms with van der Waals surface area (Å²) < 4.78 is 25.5. The summed E-state index contributed by atoms with van der Waals surface area (Å²) in [6.45, 7) is 1.27. The monoisotopic (exact) mass is 423 g/mol. The number of hydrogen-bond donors (Lipinski definition) is 2. The molecule has 1 atom stereocenters. The molecule has 0 saturated carbocycles. The summed E-state index contributed by atoms with van der Waals surface area (Å²) in [7, 11) is -4.11. The molecule has 1 saturated heterocycles. The first-order valence-electron chi connectivity index (χ1n) is 9.10. The van der Waals surface area contributed by atoms with Crippen LogP contribution in [-0.4, -0.2) is 72.1 Å². The fourth-order valence-corrected chi connectivity index (χ4v) is 5.01. The normalized spacial score (nSPS) is 19.6. The third kappa shape index (κ3) is 3.95. The Bertz CT molecular complexity index is 967. The number of fused-ring (bicyclic) bond motifs is 1. The Balaban J connectivity index is 1.59. The molecule has 10 nitrogen and oxygen atoms in total. The van der Waals surface area contributed by atoms with E-state index in [9.17, 15) is 27.6 Å². The second-order valence-electron chi connectivity index (χ2n) is 7.04. The van der Waals surface area contributed by atoms with Gasteiger partial charge in [-0.2, -0.15) is 0 Å². The van der Waals surface area contributed by atoms with Gasteiger partial charge in [0.1, 0.15) is 17.5 Å². The van der Waals surface area contributed by atoms with Gasteiger partial charge in [-0.15, -0.1) is 0 Å². The highest BCUT2D eigenvalue weighted by atomic mass is 32.2. The minimum atomic E-state index is -4.11. The zero-order valence-electron chi connectivity index (χ0n) is 15.7. The molecule has 0 radical (unpaired) electrons. The number of amides is 3. The first kappa shape index (κ1) is 20.8. The molecular formula is C18H21N3O7S. The van der Waals surface area contributed by atoms with Crippen molar-refractivity contribution in [3.05, 3.63) is 29.8 Å². The van der Waals surface area contributed by atoms with Crippen molar-refractivity contribution in [3.8, 4) is 0 Å². The van der Waals surface area contributed by atoms with Gasteiger partial charge >= 0.3 is 5.97 Å². The minimum absolute atomic E-state index is 0.00530. The van der Waals surface area contributed by atoms with Crippen LogP contribution in [0.15, 0.2) is 29.2 Å². The number of benzene rings is 1. The van der Waals surface area contributed by atoms with Crippen LogP contribution in [0.25, 0.3) is 0 Å². The van der Waals surface area contributed by atoms with E-state index in [1.807, 2.05) is 0 Å². The Kier molecular flexibility index (Phi) is 5.60. The summed E-state index contributed by atoms with van der Waals surface area (Å²) in [6, 6.07) is 4.76. The summed E-state index contributed by atoms with van der Waals surface area (Å²) in [5.74, 6) is -3.34. The van der Waals surface area contributed by atoms with Gasteiger partial charge in [0.15, 0.2) is 0 Å². The molecular weight excluding hydrogens is 402 g/mol. The van der Waals surface area contributed by atoms with Gasteiger partial charge in [0.2, 0.25) is 11.8 Å². The molecule has 2 aliphatic rings. The Morgan fingerprint density at radius 2 is 1.83 bits per heavy atom. The second-order valence-corrected chi connectivity index (χ2v) is 8.87. The number of likely N-dealkylation sites (tertiary alicyclic amines) is 1. The van der Waals surface area contributed by atoms with Gasteiger partial charge in [0, 0.05) is 13.1 Å². The molecule has 3 amide bonds. The highest BCUT2D eigenvalue weighted by molar-refractivity contribution is 7.90. The first-order chi connectivity index (χ1) is 13.6. The lowest BCUT2D eigenvalue weighted by Gasteiger charge is -2.32. The maximum atomic E-state index is 12.5. The predicted molar refractivity (Wildman–Crippen MR) is 99.2 cm³/mol. The van der Waals surface area contributed by atoms with E-state index in [1.54, 1.807) is 0 Å². The standard InChI is InChI=1S/C18H21N3O7S/c1-11(16(23)20-8-6-12(7-9-20)18(25)26)19-15(22)10-21-17(24)13-4-2-3-5-14(13)29(21,27)28/h2-5,11-12H,6-10H2,1H3,(H,19,22)(H,25,26). The lowest BCUT2D eigenvalue weighted by atomic mass is 9.97. The molecule has 2 heterocycles. The summed E-state index contributed by atoms with van der Waals surface area (Å²) in [4.78, 5) is 49.4. The first-order valence-corrected chi connectivity index (χ1v) is 10.5. The van der Waals surface area contributed by atoms with Crippen LogP contribution in [0.4, 0.5) is 0 Å². The van der Waals surface area contributed by atoms with Crippen LogP contribution in [0.3, 0.4) is 0 Å². The van der Waals surface area contributed by atoms with Gasteiger partial charge in [0.25, 0.3) is 15.9 Å². The topological polar surface area (TPSA) is 141 Å². The van der Waals surface area contributed by atoms with Crippen molar-refractivity contribution in [1.29, 1.82) is 0 Å². The van der Waals surface area contributed by atoms with E-state index in [0.29, 0.717) is 17.1 Å². The fraction of sp³-hybridized carbons (Fsp3) is 0.444. The van der Waals surface area contributed by atoms with E-state index in [4.69, 9.17) is 5.11 Å². The molecule has 1 aromatic carbocycles. The van der Waals surface area contributed by atoms with E-state index in [1.165, 1.54) is 36.1 Å². The number of carbonyl (C=O) groups is 4. The molecule has 3 rings (SSSR count). The lowest BCUT2D eigenvalue weighted by molar-refractivity contribution is -0.146. The van der Waals surface area contributed by atoms with Crippen molar-refractivity contribution < 1.29 is 32.7 Å². The van der Waals surface area contributed by atoms with Crippen LogP contribution in [-0.2, 0) is 24.4 Å². The van der Waals surface area contributed by atoms with Gasteiger partial charge in [0.05, 0.1) is 11.5 Å². The van der Waals surface area contributed by atoms with Gasteiger partial charge < -0.3 is 15.3 Å². The van der Waals surface area contributed by atoms with Crippen molar-refractivity contribution >= 4 is 33.7 Å². The maximum absolute atomic E-state index is 12.5. The number of rotatable bonds is 5. The Morgan fingerprint density at radius 1 is 1.21 bits per heavy atom. The number of piperidine rings is 1. The number of carboxylic acid groups (broad SMARTS) is 1. The van der Waals surface area contributed by atoms with Crippen molar-refractivity contribution in [2.24, 2.45) is 5.92 Å². The number of carboxylic acids is 1. The molecule has 29 heavy (non-hydrogen) atoms. The maximum Gasteiger partial charge on any atom is 0.306 e. The largest absolute Gasteiger partial charge is 0.481 e. The molecule has 0 spiro atoms. The quantitative estimate of drug-likeness (QED) is 0.660. The fourth-order valence-electron chi connectivity index (χ4n) is 3.49. The van der Waals surface area contributed by atoms with Gasteiger partial charge in [-0.1, -0.05) is 12.1 Å². The highest BCUT2D eigenvalue weighted by Gasteiger charge is 2.42. The number of aliphatic carboxylic acids is 1. The van der Waals surface area contributed by atoms with E-state index >= 15 is 0 Å². The zero-order chi connectivity index (χ0) is 21.3. The van der Waals surface area contributed by atoms with Crippen molar-refractivity contribution in [2.45, 2.75) is 30.7 Å². The number of carbonyl (C=O) groups excluding carboxylic acids is 3. The number of hydrogen-bond acceptors (Lipinski definition) is 6. The molecule has 0 aliphatic carbocycles. The third-order valence-corrected chi connectivity index (χ3v) is 6.89. The van der Waals surface area contributed by atoms with Crippen LogP contribution < -0.4 is 5.32 Å². The molecule has 2 aliphatic heterocycles. The van der Waals surface area contributed by atoms with E-state index in [-0.39, 0.29) is 29.5 Å². The summed E-state index contributed by atoms with van der Waals surface area (Å²) >= 11 is 0. The molecule has 0 bridgehead atoms. The molecule has 2 N–H and O–H groups in total. The average Bonchev–Trinajstić information content (AvgIpc) is 2.88. The van der Waals surface area contributed by atoms with Crippen molar-refractivity contribution in [2.75, 3.05) is 19.6 Å². The number of nitrogens with one attached hydrogen (secondary N) is 1. The van der Waals surface area contributed by atoms with E-state index < -0.39 is 46.3 Å². The van der Waals surface area contributed by atoms with Crippen LogP contribution in [0.5, 0.6) is 0 Å². The summed E-state index contributed by atoms with van der Waals surface area (Å²) in [6.07, 6.45) is 0.668. The third-order valence-electron chi connectivity index (χ3n) is 5.10. The van der Waals surface area contributed by atoms with Crippen LogP contribution in [0, 0.1) is 5.92 Å². The van der Waals surface area contributed by atoms with Crippen LogP contribution >= 0.6 is 0 Å². The van der Waals surface area contributed by atoms with E-state index in [0.717, 1.165) is 0 Å². The van der Waals surface area contributed by atoms with Crippen LogP contribution in [0.2, 0.25) is 0 Å².